The molecule has 3 aromatic rings. The van der Waals surface area contributed by atoms with Gasteiger partial charge in [0.2, 0.25) is 0 Å². The van der Waals surface area contributed by atoms with Crippen LogP contribution in [0.2, 0.25) is 0 Å². The molecule has 5 nitrogen and oxygen atoms in total. The number of thioether (sulfide) groups is 1. The summed E-state index contributed by atoms with van der Waals surface area (Å²) < 4.78 is 0. The highest BCUT2D eigenvalue weighted by atomic mass is 32.2. The number of non-ortho nitro benzene ring substituents is 1. The molecule has 2 heterocycles. The molecule has 35 heavy (non-hydrogen) atoms. The van der Waals surface area contributed by atoms with Gasteiger partial charge in [-0.15, -0.1) is 0 Å². The Hall–Kier alpha value is -3.90. The molecule has 0 fully saturated rings. The normalized spacial score (nSPS) is 20.3. The first kappa shape index (κ1) is 21.6. The maximum absolute atomic E-state index is 11.4. The van der Waals surface area contributed by atoms with Crippen molar-refractivity contribution in [3.63, 3.8) is 0 Å². The minimum atomic E-state index is -0.339. The average molecular weight is 478 g/mol. The minimum absolute atomic E-state index is 0.00122. The Bertz CT molecular complexity index is 1420. The molecule has 0 aromatic heterocycles. The predicted octanol–water partition coefficient (Wildman–Crippen LogP) is 7.57. The molecule has 0 radical (unpaired) electrons. The van der Waals surface area contributed by atoms with Crippen molar-refractivity contribution in [1.82, 2.24) is 4.90 Å². The van der Waals surface area contributed by atoms with E-state index in [-0.39, 0.29) is 16.7 Å². The molecular weight excluding hydrogens is 454 g/mol. The lowest BCUT2D eigenvalue weighted by Gasteiger charge is -2.40. The summed E-state index contributed by atoms with van der Waals surface area (Å²) in [7, 11) is 0. The fourth-order valence-corrected chi connectivity index (χ4v) is 6.02. The Kier molecular flexibility index (Phi) is 5.58. The van der Waals surface area contributed by atoms with Crippen LogP contribution in [0.25, 0.3) is 11.8 Å². The Morgan fingerprint density at radius 3 is 2.51 bits per heavy atom. The first-order valence-electron chi connectivity index (χ1n) is 11.7. The van der Waals surface area contributed by atoms with Gasteiger partial charge in [0.05, 0.1) is 22.4 Å². The first-order valence-corrected chi connectivity index (χ1v) is 12.6. The van der Waals surface area contributed by atoms with E-state index < -0.39 is 0 Å². The number of amidine groups is 1. The summed E-state index contributed by atoms with van der Waals surface area (Å²) in [6, 6.07) is 27.8. The van der Waals surface area contributed by atoms with Crippen LogP contribution < -0.4 is 0 Å². The predicted molar refractivity (Wildman–Crippen MR) is 142 cm³/mol. The number of rotatable bonds is 4. The van der Waals surface area contributed by atoms with Gasteiger partial charge in [0, 0.05) is 23.1 Å². The lowest BCUT2D eigenvalue weighted by atomic mass is 9.83. The number of hydrogen-bond acceptors (Lipinski definition) is 5. The summed E-state index contributed by atoms with van der Waals surface area (Å²) in [5.41, 5.74) is 7.95. The molecule has 3 aliphatic rings. The van der Waals surface area contributed by atoms with E-state index in [2.05, 4.69) is 64.9 Å². The van der Waals surface area contributed by atoms with Crippen molar-refractivity contribution < 1.29 is 4.92 Å². The van der Waals surface area contributed by atoms with Crippen LogP contribution in [0.1, 0.15) is 42.0 Å². The molecule has 0 amide bonds. The number of nitro groups is 1. The maximum Gasteiger partial charge on any atom is 0.270 e. The molecule has 1 aliphatic carbocycles. The number of nitro benzene ring substituents is 1. The lowest BCUT2D eigenvalue weighted by molar-refractivity contribution is -0.384. The highest BCUT2D eigenvalue weighted by molar-refractivity contribution is 8.16. The summed E-state index contributed by atoms with van der Waals surface area (Å²) in [5, 5.41) is 14.4. The van der Waals surface area contributed by atoms with Crippen LogP contribution in [0.5, 0.6) is 0 Å². The second-order valence-corrected chi connectivity index (χ2v) is 9.65. The molecular formula is C29H23N3O2S. The summed E-state index contributed by atoms with van der Waals surface area (Å²) in [6.45, 7) is 0. The van der Waals surface area contributed by atoms with E-state index in [1.165, 1.54) is 28.3 Å². The number of benzene rings is 3. The van der Waals surface area contributed by atoms with Crippen LogP contribution >= 0.6 is 11.8 Å². The van der Waals surface area contributed by atoms with Gasteiger partial charge in [-0.1, -0.05) is 84.6 Å². The Morgan fingerprint density at radius 1 is 0.971 bits per heavy atom. The molecule has 0 saturated heterocycles. The number of hydrogen-bond donors (Lipinski definition) is 0. The van der Waals surface area contributed by atoms with Crippen molar-refractivity contribution in [2.45, 2.75) is 25.3 Å². The molecule has 0 spiro atoms. The van der Waals surface area contributed by atoms with Crippen molar-refractivity contribution in [2.24, 2.45) is 4.99 Å². The molecule has 6 rings (SSSR count). The van der Waals surface area contributed by atoms with Gasteiger partial charge in [0.15, 0.2) is 5.17 Å². The first-order chi connectivity index (χ1) is 17.2. The monoisotopic (exact) mass is 477 g/mol. The van der Waals surface area contributed by atoms with Crippen molar-refractivity contribution in [3.8, 4) is 0 Å². The van der Waals surface area contributed by atoms with Gasteiger partial charge < -0.3 is 4.90 Å². The number of fused-ring (bicyclic) bond motifs is 1. The summed E-state index contributed by atoms with van der Waals surface area (Å²) in [6.07, 6.45) is 5.32. The summed E-state index contributed by atoms with van der Waals surface area (Å²) in [5.74, 6) is 0. The van der Waals surface area contributed by atoms with Crippen molar-refractivity contribution in [1.29, 1.82) is 0 Å². The van der Waals surface area contributed by atoms with Crippen LogP contribution in [-0.2, 0) is 0 Å². The fraction of sp³-hybridized carbons (Fsp3) is 0.138. The largest absolute Gasteiger partial charge is 0.308 e. The standard InChI is InChI=1S/C29H23N3O2S/c33-32(34)24-15-7-13-22(18-24)26-19-35-29-30-27-23(17-20-9-3-1-4-10-20)14-8-16-25(27)28(31(26)29)21-11-5-2-6-12-21/h1-7,9-13,15,17-19,28H,8,14,16H2/b23-17-/t28-/m1/s1. The minimum Gasteiger partial charge on any atom is -0.308 e. The van der Waals surface area contributed by atoms with E-state index in [0.717, 1.165) is 41.4 Å². The number of nitrogens with zero attached hydrogens (tertiary/aromatic N) is 3. The molecule has 1 atom stereocenters. The summed E-state index contributed by atoms with van der Waals surface area (Å²) >= 11 is 1.59. The van der Waals surface area contributed by atoms with Gasteiger partial charge in [-0.3, -0.25) is 10.1 Å². The maximum atomic E-state index is 11.4. The highest BCUT2D eigenvalue weighted by Gasteiger charge is 2.40. The van der Waals surface area contributed by atoms with Crippen LogP contribution in [0.4, 0.5) is 5.69 Å². The third-order valence-corrected chi connectivity index (χ3v) is 7.49. The zero-order chi connectivity index (χ0) is 23.8. The molecule has 0 N–H and O–H groups in total. The number of aliphatic imine (C=N–C) groups is 1. The molecule has 2 aliphatic heterocycles. The second kappa shape index (κ2) is 9.04. The molecule has 3 aromatic carbocycles. The summed E-state index contributed by atoms with van der Waals surface area (Å²) in [4.78, 5) is 18.6. The second-order valence-electron chi connectivity index (χ2n) is 8.81. The van der Waals surface area contributed by atoms with Crippen LogP contribution in [0.3, 0.4) is 0 Å². The Morgan fingerprint density at radius 2 is 1.74 bits per heavy atom. The highest BCUT2D eigenvalue weighted by Crippen LogP contribution is 2.51. The topological polar surface area (TPSA) is 58.7 Å². The average Bonchev–Trinajstić information content (AvgIpc) is 3.32. The van der Waals surface area contributed by atoms with Crippen LogP contribution in [-0.4, -0.2) is 15.0 Å². The third kappa shape index (κ3) is 4.00. The van der Waals surface area contributed by atoms with Crippen molar-refractivity contribution in [2.75, 3.05) is 0 Å². The lowest BCUT2D eigenvalue weighted by Crippen LogP contribution is -2.34. The van der Waals surface area contributed by atoms with Gasteiger partial charge in [-0.25, -0.2) is 4.99 Å². The SMILES string of the molecule is O=[N+]([O-])c1cccc(C2=CSC3=NC4=C(CCC/C4=C/c4ccccc4)[C@@H](c4ccccc4)N23)c1. The van der Waals surface area contributed by atoms with E-state index >= 15 is 0 Å². The van der Waals surface area contributed by atoms with Gasteiger partial charge in [-0.2, -0.15) is 0 Å². The van der Waals surface area contributed by atoms with Crippen molar-refractivity contribution >= 4 is 34.4 Å². The number of allylic oxidation sites excluding steroid dienone is 1. The zero-order valence-corrected chi connectivity index (χ0v) is 19.8. The fourth-order valence-electron chi connectivity index (χ4n) is 5.09. The van der Waals surface area contributed by atoms with Gasteiger partial charge in [0.1, 0.15) is 0 Å². The Balaban J connectivity index is 1.48. The smallest absolute Gasteiger partial charge is 0.270 e. The van der Waals surface area contributed by atoms with E-state index in [0.29, 0.717) is 0 Å². The van der Waals surface area contributed by atoms with Crippen LogP contribution in [0.15, 0.2) is 112 Å². The zero-order valence-electron chi connectivity index (χ0n) is 19.0. The third-order valence-electron chi connectivity index (χ3n) is 6.65. The van der Waals surface area contributed by atoms with E-state index in [1.54, 1.807) is 23.9 Å². The Labute approximate surface area is 208 Å². The molecule has 0 unspecified atom stereocenters. The van der Waals surface area contributed by atoms with Crippen molar-refractivity contribution in [3.05, 3.63) is 134 Å². The van der Waals surface area contributed by atoms with Crippen LogP contribution in [0, 0.1) is 10.1 Å². The molecule has 172 valence electrons. The molecule has 0 bridgehead atoms. The van der Waals surface area contributed by atoms with Gasteiger partial charge in [0.25, 0.3) is 5.69 Å². The quantitative estimate of drug-likeness (QED) is 0.287. The van der Waals surface area contributed by atoms with E-state index in [9.17, 15) is 10.1 Å². The van der Waals surface area contributed by atoms with Gasteiger partial charge >= 0.3 is 0 Å². The van der Waals surface area contributed by atoms with Gasteiger partial charge in [-0.05, 0) is 47.6 Å². The molecule has 0 saturated carbocycles. The molecule has 6 heteroatoms. The van der Waals surface area contributed by atoms with E-state index in [1.807, 2.05) is 18.2 Å². The van der Waals surface area contributed by atoms with E-state index in [4.69, 9.17) is 4.99 Å².